The fourth-order valence-electron chi connectivity index (χ4n) is 0.453. The Morgan fingerprint density at radius 3 is 1.91 bits per heavy atom. The summed E-state index contributed by atoms with van der Waals surface area (Å²) in [6.07, 6.45) is 1.38. The van der Waals surface area contributed by atoms with E-state index >= 15 is 0 Å². The lowest BCUT2D eigenvalue weighted by molar-refractivity contribution is 1.08. The Kier molecular flexibility index (Phi) is 6.84. The Labute approximate surface area is 72.0 Å². The van der Waals surface area contributed by atoms with E-state index in [9.17, 15) is 0 Å². The minimum atomic E-state index is 0.822. The van der Waals surface area contributed by atoms with E-state index in [1.807, 2.05) is 30.3 Å². The minimum Gasteiger partial charge on any atom is -0.399 e. The van der Waals surface area contributed by atoms with Crippen LogP contribution >= 0.6 is 0 Å². The van der Waals surface area contributed by atoms with Gasteiger partial charge in [-0.25, -0.2) is 0 Å². The zero-order chi connectivity index (χ0) is 8.53. The second-order valence-electron chi connectivity index (χ2n) is 2.41. The molecule has 1 aromatic rings. The van der Waals surface area contributed by atoms with Gasteiger partial charge in [0.05, 0.1) is 0 Å². The summed E-state index contributed by atoms with van der Waals surface area (Å²) in [5, 5.41) is 0. The van der Waals surface area contributed by atoms with Gasteiger partial charge in [0, 0.05) is 15.9 Å². The van der Waals surface area contributed by atoms with E-state index in [1.54, 1.807) is 0 Å². The van der Waals surface area contributed by atoms with Gasteiger partial charge < -0.3 is 5.73 Å². The van der Waals surface area contributed by atoms with Crippen LogP contribution in [0.25, 0.3) is 0 Å². The predicted molar refractivity (Wildman–Crippen MR) is 55.9 cm³/mol. The van der Waals surface area contributed by atoms with Crippen LogP contribution in [-0.4, -0.2) is 10.2 Å². The fourth-order valence-corrected chi connectivity index (χ4v) is 0.453. The van der Waals surface area contributed by atoms with Crippen LogP contribution in [-0.2, 0) is 0 Å². The largest absolute Gasteiger partial charge is 0.399 e. The standard InChI is InChI=1S/C6H7N.C3H10Si/c7-6-4-2-1-3-5-6;1-2-3-4/h1-5H,7H2;2-3H2,1,4H3. The molecule has 1 aromatic carbocycles. The number of anilines is 1. The zero-order valence-electron chi connectivity index (χ0n) is 7.38. The molecule has 0 heterocycles. The van der Waals surface area contributed by atoms with E-state index in [-0.39, 0.29) is 0 Å². The molecule has 0 aliphatic heterocycles. The molecule has 11 heavy (non-hydrogen) atoms. The molecule has 0 saturated carbocycles. The molecule has 0 bridgehead atoms. The van der Waals surface area contributed by atoms with E-state index in [0.717, 1.165) is 5.69 Å². The SMILES string of the molecule is CCC[SiH3].Nc1ccccc1. The van der Waals surface area contributed by atoms with Crippen LogP contribution in [0.5, 0.6) is 0 Å². The molecule has 2 heteroatoms. The van der Waals surface area contributed by atoms with Crippen LogP contribution in [0.2, 0.25) is 6.04 Å². The minimum absolute atomic E-state index is 0.822. The fraction of sp³-hybridized carbons (Fsp3) is 0.333. The van der Waals surface area contributed by atoms with E-state index in [2.05, 4.69) is 6.92 Å². The van der Waals surface area contributed by atoms with Gasteiger partial charge in [0.25, 0.3) is 0 Å². The molecule has 0 amide bonds. The molecule has 0 aliphatic carbocycles. The number of para-hydroxylation sites is 1. The number of nitrogen functional groups attached to an aromatic ring is 1. The number of benzene rings is 1. The van der Waals surface area contributed by atoms with Crippen molar-refractivity contribution < 1.29 is 0 Å². The quantitative estimate of drug-likeness (QED) is 0.497. The van der Waals surface area contributed by atoms with E-state index in [0.29, 0.717) is 0 Å². The smallest absolute Gasteiger partial charge is 0.0313 e. The van der Waals surface area contributed by atoms with Gasteiger partial charge in [0.15, 0.2) is 0 Å². The second-order valence-corrected chi connectivity index (χ2v) is 3.41. The normalized spacial score (nSPS) is 8.45. The number of rotatable bonds is 1. The Hall–Kier alpha value is -0.763. The van der Waals surface area contributed by atoms with E-state index in [4.69, 9.17) is 5.73 Å². The van der Waals surface area contributed by atoms with Gasteiger partial charge in [-0.05, 0) is 12.1 Å². The molecule has 1 rings (SSSR count). The average Bonchev–Trinajstić information content (AvgIpc) is 2.07. The lowest BCUT2D eigenvalue weighted by atomic mass is 10.3. The summed E-state index contributed by atoms with van der Waals surface area (Å²) >= 11 is 0. The molecule has 1 nitrogen and oxygen atoms in total. The van der Waals surface area contributed by atoms with Crippen molar-refractivity contribution in [3.63, 3.8) is 0 Å². The molecule has 0 fully saturated rings. The number of hydrogen-bond donors (Lipinski definition) is 1. The maximum Gasteiger partial charge on any atom is 0.0313 e. The van der Waals surface area contributed by atoms with Gasteiger partial charge in [0.2, 0.25) is 0 Å². The highest BCUT2D eigenvalue weighted by Gasteiger charge is 1.72. The van der Waals surface area contributed by atoms with Crippen LogP contribution in [0.3, 0.4) is 0 Å². The number of hydrogen-bond acceptors (Lipinski definition) is 1. The van der Waals surface area contributed by atoms with Gasteiger partial charge in [0.1, 0.15) is 0 Å². The van der Waals surface area contributed by atoms with Gasteiger partial charge in [-0.2, -0.15) is 0 Å². The third kappa shape index (κ3) is 7.13. The summed E-state index contributed by atoms with van der Waals surface area (Å²) in [6.45, 7) is 2.22. The van der Waals surface area contributed by atoms with Crippen molar-refractivity contribution in [3.05, 3.63) is 30.3 Å². The molecule has 0 aliphatic rings. The third-order valence-electron chi connectivity index (χ3n) is 1.30. The van der Waals surface area contributed by atoms with Gasteiger partial charge in [-0.15, -0.1) is 0 Å². The molecule has 0 radical (unpaired) electrons. The third-order valence-corrected chi connectivity index (χ3v) is 2.30. The van der Waals surface area contributed by atoms with Crippen LogP contribution in [0.1, 0.15) is 13.3 Å². The van der Waals surface area contributed by atoms with Crippen molar-refractivity contribution in [1.82, 2.24) is 0 Å². The topological polar surface area (TPSA) is 26.0 Å². The molecular formula is C9H17NSi. The maximum absolute atomic E-state index is 5.36. The molecule has 0 aromatic heterocycles. The lowest BCUT2D eigenvalue weighted by Gasteiger charge is -1.83. The summed E-state index contributed by atoms with van der Waals surface area (Å²) < 4.78 is 0. The summed E-state index contributed by atoms with van der Waals surface area (Å²) in [5.41, 5.74) is 6.18. The summed E-state index contributed by atoms with van der Waals surface area (Å²) in [6, 6.07) is 10.9. The highest BCUT2D eigenvalue weighted by molar-refractivity contribution is 6.08. The summed E-state index contributed by atoms with van der Waals surface area (Å²) in [4.78, 5) is 0. The van der Waals surface area contributed by atoms with Crippen molar-refractivity contribution in [2.24, 2.45) is 0 Å². The maximum atomic E-state index is 5.36. The first-order chi connectivity index (χ1) is 5.31. The Bertz CT molecular complexity index is 160. The summed E-state index contributed by atoms with van der Waals surface area (Å²) in [7, 11) is 1.39. The van der Waals surface area contributed by atoms with Gasteiger partial charge in [-0.3, -0.25) is 0 Å². The van der Waals surface area contributed by atoms with Crippen LogP contribution in [0.4, 0.5) is 5.69 Å². The van der Waals surface area contributed by atoms with Crippen molar-refractivity contribution in [2.45, 2.75) is 19.4 Å². The first-order valence-electron chi connectivity index (χ1n) is 4.11. The van der Waals surface area contributed by atoms with Crippen molar-refractivity contribution in [3.8, 4) is 0 Å². The van der Waals surface area contributed by atoms with Gasteiger partial charge in [-0.1, -0.05) is 37.6 Å². The van der Waals surface area contributed by atoms with Crippen molar-refractivity contribution in [2.75, 3.05) is 5.73 Å². The Morgan fingerprint density at radius 2 is 1.73 bits per heavy atom. The second kappa shape index (κ2) is 7.35. The Balaban J connectivity index is 0.000000218. The molecule has 0 atom stereocenters. The van der Waals surface area contributed by atoms with Crippen molar-refractivity contribution in [1.29, 1.82) is 0 Å². The Morgan fingerprint density at radius 1 is 1.27 bits per heavy atom. The number of nitrogens with two attached hydrogens (primary N) is 1. The first kappa shape index (κ1) is 10.2. The van der Waals surface area contributed by atoms with Crippen molar-refractivity contribution >= 4 is 15.9 Å². The molecule has 0 unspecified atom stereocenters. The molecule has 2 N–H and O–H groups in total. The van der Waals surface area contributed by atoms with Gasteiger partial charge >= 0.3 is 0 Å². The van der Waals surface area contributed by atoms with Crippen LogP contribution < -0.4 is 5.73 Å². The predicted octanol–water partition coefficient (Wildman–Crippen LogP) is 1.45. The van der Waals surface area contributed by atoms with E-state index < -0.39 is 0 Å². The molecule has 62 valence electrons. The zero-order valence-corrected chi connectivity index (χ0v) is 9.38. The highest BCUT2D eigenvalue weighted by atomic mass is 28.1. The monoisotopic (exact) mass is 167 g/mol. The van der Waals surface area contributed by atoms with Crippen LogP contribution in [0.15, 0.2) is 30.3 Å². The first-order valence-corrected chi connectivity index (χ1v) is 5.53. The summed E-state index contributed by atoms with van der Waals surface area (Å²) in [5.74, 6) is 0. The molecule has 0 saturated heterocycles. The van der Waals surface area contributed by atoms with E-state index in [1.165, 1.54) is 22.7 Å². The molecular weight excluding hydrogens is 150 g/mol. The van der Waals surface area contributed by atoms with Crippen LogP contribution in [0, 0.1) is 0 Å². The average molecular weight is 167 g/mol. The molecule has 0 spiro atoms. The highest BCUT2D eigenvalue weighted by Crippen LogP contribution is 1.95. The lowest BCUT2D eigenvalue weighted by Crippen LogP contribution is -1.79.